The summed E-state index contributed by atoms with van der Waals surface area (Å²) in [4.78, 5) is 24.5. The number of rotatable bonds is 5. The third kappa shape index (κ3) is 4.44. The van der Waals surface area contributed by atoms with Crippen LogP contribution in [0.5, 0.6) is 0 Å². The van der Waals surface area contributed by atoms with Crippen LogP contribution in [-0.2, 0) is 15.0 Å². The van der Waals surface area contributed by atoms with Gasteiger partial charge >= 0.3 is 5.97 Å². The number of carbonyl (C=O) groups excluding carboxylic acids is 1. The average Bonchev–Trinajstić information content (AvgIpc) is 2.63. The van der Waals surface area contributed by atoms with E-state index in [-0.39, 0.29) is 24.3 Å². The zero-order valence-corrected chi connectivity index (χ0v) is 18.2. The summed E-state index contributed by atoms with van der Waals surface area (Å²) >= 11 is 12.3. The summed E-state index contributed by atoms with van der Waals surface area (Å²) < 4.78 is 0. The maximum atomic E-state index is 13.0. The van der Waals surface area contributed by atoms with Crippen molar-refractivity contribution in [3.05, 3.63) is 69.7 Å². The molecule has 6 heteroatoms. The Morgan fingerprint density at radius 3 is 2.41 bits per heavy atom. The molecule has 1 saturated heterocycles. The Bertz CT molecular complexity index is 926. The summed E-state index contributed by atoms with van der Waals surface area (Å²) in [6.45, 7) is 5.89. The summed E-state index contributed by atoms with van der Waals surface area (Å²) in [5.74, 6) is -1.31. The number of hydrogen-bond donors (Lipinski definition) is 2. The predicted molar refractivity (Wildman–Crippen MR) is 116 cm³/mol. The molecule has 2 aromatic carbocycles. The maximum absolute atomic E-state index is 13.0. The van der Waals surface area contributed by atoms with Gasteiger partial charge in [-0.25, -0.2) is 0 Å². The molecule has 1 aliphatic heterocycles. The van der Waals surface area contributed by atoms with Gasteiger partial charge in [0, 0.05) is 27.4 Å². The molecule has 0 aliphatic carbocycles. The van der Waals surface area contributed by atoms with Crippen LogP contribution in [0.4, 0.5) is 0 Å². The first-order chi connectivity index (χ1) is 13.5. The molecule has 3 atom stereocenters. The third-order valence-electron chi connectivity index (χ3n) is 6.09. The molecular formula is C23H25Cl2NO3. The fourth-order valence-corrected chi connectivity index (χ4v) is 4.71. The number of carboxylic acids is 1. The molecule has 1 amide bonds. The normalized spacial score (nSPS) is 24.8. The minimum absolute atomic E-state index is 0.0959. The lowest BCUT2D eigenvalue weighted by atomic mass is 9.62. The fourth-order valence-electron chi connectivity index (χ4n) is 4.39. The van der Waals surface area contributed by atoms with Gasteiger partial charge in [0.1, 0.15) is 0 Å². The van der Waals surface area contributed by atoms with E-state index in [0.29, 0.717) is 16.5 Å². The number of aliphatic carboxylic acids is 1. The van der Waals surface area contributed by atoms with E-state index in [0.717, 1.165) is 11.1 Å². The van der Waals surface area contributed by atoms with E-state index in [4.69, 9.17) is 23.2 Å². The highest BCUT2D eigenvalue weighted by molar-refractivity contribution is 6.30. The molecule has 154 valence electrons. The number of carbonyl (C=O) groups is 2. The average molecular weight is 434 g/mol. The second-order valence-corrected chi connectivity index (χ2v) is 9.55. The summed E-state index contributed by atoms with van der Waals surface area (Å²) in [6, 6.07) is 14.9. The van der Waals surface area contributed by atoms with E-state index in [2.05, 4.69) is 19.2 Å². The van der Waals surface area contributed by atoms with E-state index in [1.54, 1.807) is 6.92 Å². The van der Waals surface area contributed by atoms with Gasteiger partial charge in [-0.2, -0.15) is 0 Å². The van der Waals surface area contributed by atoms with Crippen molar-refractivity contribution >= 4 is 35.1 Å². The molecule has 3 rings (SSSR count). The van der Waals surface area contributed by atoms with Crippen molar-refractivity contribution in [2.75, 3.05) is 0 Å². The van der Waals surface area contributed by atoms with Gasteiger partial charge in [-0.15, -0.1) is 0 Å². The van der Waals surface area contributed by atoms with Crippen molar-refractivity contribution in [2.24, 2.45) is 5.41 Å². The lowest BCUT2D eigenvalue weighted by Gasteiger charge is -2.48. The number of benzene rings is 2. The van der Waals surface area contributed by atoms with Crippen LogP contribution in [0.15, 0.2) is 48.5 Å². The van der Waals surface area contributed by atoms with Crippen molar-refractivity contribution in [2.45, 2.75) is 51.0 Å². The zero-order valence-electron chi connectivity index (χ0n) is 16.7. The molecule has 2 aromatic rings. The first-order valence-corrected chi connectivity index (χ1v) is 10.3. The zero-order chi connectivity index (χ0) is 21.4. The van der Waals surface area contributed by atoms with Gasteiger partial charge in [0.2, 0.25) is 5.91 Å². The molecule has 29 heavy (non-hydrogen) atoms. The number of piperidine rings is 1. The van der Waals surface area contributed by atoms with Crippen LogP contribution in [-0.4, -0.2) is 23.0 Å². The number of hydrogen-bond acceptors (Lipinski definition) is 2. The smallest absolute Gasteiger partial charge is 0.304 e. The van der Waals surface area contributed by atoms with Crippen molar-refractivity contribution in [3.8, 4) is 0 Å². The molecule has 0 spiro atoms. The standard InChI is InChI=1S/C23H25Cl2NO3/c1-22(2,15-7-9-16(24)10-8-15)20-18(14-5-4-6-17(25)11-14)12-23(3,13-19(27)28)21(29)26-20/h4-11,18,20H,12-13H2,1-3H3,(H,26,29)(H,27,28)/t18-,20+,23-/m1/s1. The Morgan fingerprint density at radius 2 is 1.83 bits per heavy atom. The van der Waals surface area contributed by atoms with Gasteiger partial charge in [0.15, 0.2) is 0 Å². The van der Waals surface area contributed by atoms with Gasteiger partial charge in [0.05, 0.1) is 11.8 Å². The van der Waals surface area contributed by atoms with E-state index in [1.165, 1.54) is 0 Å². The Kier molecular flexibility index (Phi) is 5.98. The van der Waals surface area contributed by atoms with Crippen LogP contribution in [0.3, 0.4) is 0 Å². The Hall–Kier alpha value is -2.04. The highest BCUT2D eigenvalue weighted by atomic mass is 35.5. The summed E-state index contributed by atoms with van der Waals surface area (Å²) in [5, 5.41) is 13.8. The van der Waals surface area contributed by atoms with E-state index in [9.17, 15) is 14.7 Å². The molecule has 1 fully saturated rings. The van der Waals surface area contributed by atoms with Gasteiger partial charge in [-0.05, 0) is 41.8 Å². The quantitative estimate of drug-likeness (QED) is 0.660. The van der Waals surface area contributed by atoms with Crippen LogP contribution >= 0.6 is 23.2 Å². The van der Waals surface area contributed by atoms with Gasteiger partial charge in [-0.3, -0.25) is 9.59 Å². The minimum Gasteiger partial charge on any atom is -0.481 e. The molecule has 0 radical (unpaired) electrons. The van der Waals surface area contributed by atoms with Crippen LogP contribution in [0.25, 0.3) is 0 Å². The Labute approximate surface area is 181 Å². The first-order valence-electron chi connectivity index (χ1n) is 9.57. The predicted octanol–water partition coefficient (Wildman–Crippen LogP) is 5.42. The molecule has 1 heterocycles. The third-order valence-corrected chi connectivity index (χ3v) is 6.58. The second-order valence-electron chi connectivity index (χ2n) is 8.68. The summed E-state index contributed by atoms with van der Waals surface area (Å²) in [7, 11) is 0. The van der Waals surface area contributed by atoms with Crippen molar-refractivity contribution in [3.63, 3.8) is 0 Å². The minimum atomic E-state index is -0.995. The highest BCUT2D eigenvalue weighted by Gasteiger charge is 2.50. The number of amides is 1. The molecule has 2 N–H and O–H groups in total. The van der Waals surface area contributed by atoms with Crippen molar-refractivity contribution in [1.29, 1.82) is 0 Å². The monoisotopic (exact) mass is 433 g/mol. The van der Waals surface area contributed by atoms with Gasteiger partial charge in [-0.1, -0.05) is 68.2 Å². The maximum Gasteiger partial charge on any atom is 0.304 e. The van der Waals surface area contributed by atoms with Crippen LogP contribution in [0.1, 0.15) is 50.7 Å². The van der Waals surface area contributed by atoms with Crippen LogP contribution < -0.4 is 5.32 Å². The largest absolute Gasteiger partial charge is 0.481 e. The number of carboxylic acid groups (broad SMARTS) is 1. The van der Waals surface area contributed by atoms with E-state index < -0.39 is 16.8 Å². The fraction of sp³-hybridized carbons (Fsp3) is 0.391. The van der Waals surface area contributed by atoms with Crippen LogP contribution in [0.2, 0.25) is 10.0 Å². The molecule has 0 unspecified atom stereocenters. The van der Waals surface area contributed by atoms with Crippen molar-refractivity contribution in [1.82, 2.24) is 5.32 Å². The second kappa shape index (κ2) is 8.00. The van der Waals surface area contributed by atoms with Crippen LogP contribution in [0, 0.1) is 5.41 Å². The van der Waals surface area contributed by atoms with E-state index >= 15 is 0 Å². The number of nitrogens with one attached hydrogen (secondary N) is 1. The molecule has 1 aliphatic rings. The Balaban J connectivity index is 2.07. The summed E-state index contributed by atoms with van der Waals surface area (Å²) in [6.07, 6.45) is 0.206. The molecule has 0 saturated carbocycles. The lowest BCUT2D eigenvalue weighted by molar-refractivity contribution is -0.147. The SMILES string of the molecule is CC(C)(c1ccc(Cl)cc1)[C@H]1NC(=O)[C@@](C)(CC(=O)O)C[C@@H]1c1cccc(Cl)c1. The topological polar surface area (TPSA) is 66.4 Å². The Morgan fingerprint density at radius 1 is 1.17 bits per heavy atom. The lowest BCUT2D eigenvalue weighted by Crippen LogP contribution is -2.60. The molecule has 0 aromatic heterocycles. The molecule has 4 nitrogen and oxygen atoms in total. The van der Waals surface area contributed by atoms with Gasteiger partial charge in [0.25, 0.3) is 0 Å². The first kappa shape index (κ1) is 21.7. The summed E-state index contributed by atoms with van der Waals surface area (Å²) in [5.41, 5.74) is 0.616. The number of halogens is 2. The molecule has 0 bridgehead atoms. The highest BCUT2D eigenvalue weighted by Crippen LogP contribution is 2.46. The van der Waals surface area contributed by atoms with E-state index in [1.807, 2.05) is 48.5 Å². The van der Waals surface area contributed by atoms with Gasteiger partial charge < -0.3 is 10.4 Å². The molecular weight excluding hydrogens is 409 g/mol. The van der Waals surface area contributed by atoms with Crippen molar-refractivity contribution < 1.29 is 14.7 Å².